The molecule has 3 aromatic heterocycles. The Labute approximate surface area is 183 Å². The Morgan fingerprint density at radius 3 is 2.73 bits per heavy atom. The van der Waals surface area contributed by atoms with Crippen LogP contribution in [-0.2, 0) is 4.79 Å². The zero-order valence-electron chi connectivity index (χ0n) is 17.2. The minimum Gasteiger partial charge on any atom is -0.302 e. The Morgan fingerprint density at radius 1 is 1.27 bits per heavy atom. The predicted molar refractivity (Wildman–Crippen MR) is 119 cm³/mol. The maximum absolute atomic E-state index is 12.9. The number of pyridine rings is 1. The maximum atomic E-state index is 12.9. The van der Waals surface area contributed by atoms with E-state index in [4.69, 9.17) is 0 Å². The zero-order valence-corrected chi connectivity index (χ0v) is 18.8. The summed E-state index contributed by atoms with van der Waals surface area (Å²) in [6.07, 6.45) is 4.21. The van der Waals surface area contributed by atoms with Crippen LogP contribution in [0.2, 0.25) is 0 Å². The summed E-state index contributed by atoms with van der Waals surface area (Å²) in [6, 6.07) is 7.89. The molecule has 3 aromatic rings. The third-order valence-electron chi connectivity index (χ3n) is 5.02. The Bertz CT molecular complexity index is 1070. The molecule has 3 heterocycles. The first-order valence-corrected chi connectivity index (χ1v) is 11.7. The lowest BCUT2D eigenvalue weighted by Crippen LogP contribution is -2.32. The molecule has 0 radical (unpaired) electrons. The molecule has 0 saturated heterocycles. The number of aromatic nitrogens is 4. The highest BCUT2D eigenvalue weighted by atomic mass is 32.2. The average Bonchev–Trinajstić information content (AvgIpc) is 3.39. The molecule has 0 atom stereocenters. The summed E-state index contributed by atoms with van der Waals surface area (Å²) in [7, 11) is 0. The minimum atomic E-state index is 0.0377. The number of ketones is 1. The van der Waals surface area contributed by atoms with Crippen molar-refractivity contribution < 1.29 is 9.59 Å². The van der Waals surface area contributed by atoms with Crippen LogP contribution >= 0.6 is 23.1 Å². The summed E-state index contributed by atoms with van der Waals surface area (Å²) in [5, 5.41) is 9.03. The molecule has 0 aliphatic heterocycles. The molecule has 1 fully saturated rings. The lowest BCUT2D eigenvalue weighted by Gasteiger charge is -2.17. The number of carbonyl (C=O) groups excluding carboxylic acids is 2. The van der Waals surface area contributed by atoms with Gasteiger partial charge in [0.05, 0.1) is 5.75 Å². The van der Waals surface area contributed by atoms with Gasteiger partial charge in [0.2, 0.25) is 11.0 Å². The van der Waals surface area contributed by atoms with Crippen molar-refractivity contribution in [2.75, 3.05) is 10.7 Å². The summed E-state index contributed by atoms with van der Waals surface area (Å²) >= 11 is 2.74. The van der Waals surface area contributed by atoms with Crippen molar-refractivity contribution in [1.82, 2.24) is 19.7 Å². The van der Waals surface area contributed by atoms with E-state index >= 15 is 0 Å². The van der Waals surface area contributed by atoms with Crippen LogP contribution in [0.3, 0.4) is 0 Å². The van der Waals surface area contributed by atoms with Crippen LogP contribution in [0.15, 0.2) is 34.8 Å². The van der Waals surface area contributed by atoms with E-state index in [9.17, 15) is 9.59 Å². The number of hydrogen-bond donors (Lipinski definition) is 0. The highest BCUT2D eigenvalue weighted by Gasteiger charge is 2.35. The number of amides is 1. The fourth-order valence-corrected chi connectivity index (χ4v) is 5.23. The molecule has 4 rings (SSSR count). The van der Waals surface area contributed by atoms with Gasteiger partial charge in [0.1, 0.15) is 5.82 Å². The molecule has 0 unspecified atom stereocenters. The molecule has 0 spiro atoms. The number of Topliss-reactive ketones (excluding diaryl/α,β-unsaturated/α-hetero) is 1. The molecular formula is C21H23N5O2S2. The fraction of sp³-hybridized carbons (Fsp3) is 0.381. The van der Waals surface area contributed by atoms with Gasteiger partial charge in [0.15, 0.2) is 10.1 Å². The quantitative estimate of drug-likeness (QED) is 0.296. The first kappa shape index (κ1) is 20.7. The van der Waals surface area contributed by atoms with Crippen LogP contribution in [0.4, 0.5) is 5.13 Å². The SMILES string of the molecule is CCC(=O)N(c1nnc(SCC(=O)c2cc(C)n(-c3ccccn3)c2C)s1)C1CC1. The molecule has 0 N–H and O–H groups in total. The number of nitrogens with zero attached hydrogens (tertiary/aromatic N) is 5. The molecule has 30 heavy (non-hydrogen) atoms. The van der Waals surface area contributed by atoms with Gasteiger partial charge in [-0.2, -0.15) is 0 Å². The first-order valence-electron chi connectivity index (χ1n) is 9.91. The molecule has 1 saturated carbocycles. The highest BCUT2D eigenvalue weighted by Crippen LogP contribution is 2.36. The fourth-order valence-electron chi connectivity index (χ4n) is 3.42. The van der Waals surface area contributed by atoms with Crippen molar-refractivity contribution in [3.8, 4) is 5.82 Å². The van der Waals surface area contributed by atoms with Gasteiger partial charge in [0.25, 0.3) is 0 Å². The lowest BCUT2D eigenvalue weighted by molar-refractivity contribution is -0.118. The zero-order chi connectivity index (χ0) is 21.3. The second kappa shape index (κ2) is 8.69. The van der Waals surface area contributed by atoms with Crippen LogP contribution in [-0.4, -0.2) is 43.2 Å². The van der Waals surface area contributed by atoms with Crippen molar-refractivity contribution in [1.29, 1.82) is 0 Å². The van der Waals surface area contributed by atoms with Crippen molar-refractivity contribution >= 4 is 39.9 Å². The monoisotopic (exact) mass is 441 g/mol. The van der Waals surface area contributed by atoms with E-state index in [-0.39, 0.29) is 23.5 Å². The predicted octanol–water partition coefficient (Wildman–Crippen LogP) is 4.22. The third kappa shape index (κ3) is 4.17. The van der Waals surface area contributed by atoms with Crippen LogP contribution in [0, 0.1) is 13.8 Å². The average molecular weight is 442 g/mol. The van der Waals surface area contributed by atoms with E-state index in [0.717, 1.165) is 30.0 Å². The summed E-state index contributed by atoms with van der Waals surface area (Å²) in [5.74, 6) is 1.18. The highest BCUT2D eigenvalue weighted by molar-refractivity contribution is 8.01. The molecule has 0 aromatic carbocycles. The minimum absolute atomic E-state index is 0.0377. The molecule has 1 aliphatic carbocycles. The molecule has 1 aliphatic rings. The molecule has 0 bridgehead atoms. The van der Waals surface area contributed by atoms with E-state index < -0.39 is 0 Å². The lowest BCUT2D eigenvalue weighted by atomic mass is 10.2. The van der Waals surface area contributed by atoms with Gasteiger partial charge in [-0.15, -0.1) is 10.2 Å². The Morgan fingerprint density at radius 2 is 2.07 bits per heavy atom. The van der Waals surface area contributed by atoms with E-state index in [0.29, 0.717) is 21.5 Å². The molecular weight excluding hydrogens is 418 g/mol. The normalized spacial score (nSPS) is 13.4. The third-order valence-corrected chi connectivity index (χ3v) is 7.08. The van der Waals surface area contributed by atoms with Gasteiger partial charge in [-0.1, -0.05) is 36.1 Å². The second-order valence-corrected chi connectivity index (χ2v) is 9.40. The summed E-state index contributed by atoms with van der Waals surface area (Å²) in [5.41, 5.74) is 2.54. The maximum Gasteiger partial charge on any atom is 0.228 e. The number of rotatable bonds is 8. The van der Waals surface area contributed by atoms with Crippen LogP contribution in [0.25, 0.3) is 5.82 Å². The van der Waals surface area contributed by atoms with Crippen molar-refractivity contribution in [2.24, 2.45) is 0 Å². The topological polar surface area (TPSA) is 81.0 Å². The standard InChI is InChI=1S/C21H23N5O2S2/c1-4-19(28)26(15-8-9-15)20-23-24-21(30-20)29-12-17(27)16-11-13(2)25(14(16)3)18-7-5-6-10-22-18/h5-7,10-11,15H,4,8-9,12H2,1-3H3. The summed E-state index contributed by atoms with van der Waals surface area (Å²) in [6.45, 7) is 5.76. The van der Waals surface area contributed by atoms with Crippen LogP contribution in [0.1, 0.15) is 47.9 Å². The Hall–Kier alpha value is -2.52. The smallest absolute Gasteiger partial charge is 0.228 e. The van der Waals surface area contributed by atoms with E-state index in [1.807, 2.05) is 49.6 Å². The van der Waals surface area contributed by atoms with Gasteiger partial charge in [-0.25, -0.2) is 4.98 Å². The first-order chi connectivity index (χ1) is 14.5. The Kier molecular flexibility index (Phi) is 6.01. The largest absolute Gasteiger partial charge is 0.302 e. The van der Waals surface area contributed by atoms with E-state index in [1.54, 1.807) is 11.1 Å². The Balaban J connectivity index is 1.46. The van der Waals surface area contributed by atoms with E-state index in [1.165, 1.54) is 23.1 Å². The van der Waals surface area contributed by atoms with Gasteiger partial charge in [-0.3, -0.25) is 14.5 Å². The number of thioether (sulfide) groups is 1. The van der Waals surface area contributed by atoms with Gasteiger partial charge in [0, 0.05) is 35.6 Å². The number of anilines is 1. The van der Waals surface area contributed by atoms with Crippen LogP contribution in [0.5, 0.6) is 0 Å². The van der Waals surface area contributed by atoms with Gasteiger partial charge in [-0.05, 0) is 44.9 Å². The van der Waals surface area contributed by atoms with E-state index in [2.05, 4.69) is 15.2 Å². The molecule has 1 amide bonds. The number of carbonyl (C=O) groups is 2. The summed E-state index contributed by atoms with van der Waals surface area (Å²) < 4.78 is 2.69. The van der Waals surface area contributed by atoms with Crippen molar-refractivity contribution in [3.05, 3.63) is 47.4 Å². The summed E-state index contributed by atoms with van der Waals surface area (Å²) in [4.78, 5) is 31.3. The van der Waals surface area contributed by atoms with Crippen LogP contribution < -0.4 is 4.90 Å². The van der Waals surface area contributed by atoms with Gasteiger partial charge < -0.3 is 4.57 Å². The molecule has 9 heteroatoms. The second-order valence-electron chi connectivity index (χ2n) is 7.22. The molecule has 156 valence electrons. The number of aryl methyl sites for hydroxylation is 1. The molecule has 7 nitrogen and oxygen atoms in total. The van der Waals surface area contributed by atoms with Gasteiger partial charge >= 0.3 is 0 Å². The number of hydrogen-bond acceptors (Lipinski definition) is 7. The van der Waals surface area contributed by atoms with Crippen molar-refractivity contribution in [2.45, 2.75) is 50.4 Å². The van der Waals surface area contributed by atoms with Crippen molar-refractivity contribution in [3.63, 3.8) is 0 Å².